The molecule has 0 saturated heterocycles. The van der Waals surface area contributed by atoms with Crippen molar-refractivity contribution in [2.75, 3.05) is 13.7 Å². The number of aromatic nitrogens is 1. The van der Waals surface area contributed by atoms with Crippen LogP contribution in [0.25, 0.3) is 10.9 Å². The number of fused-ring (bicyclic) bond motifs is 1. The number of hydrogen-bond acceptors (Lipinski definition) is 5. The van der Waals surface area contributed by atoms with Gasteiger partial charge in [-0.3, -0.25) is 9.59 Å². The largest absolute Gasteiger partial charge is 0.503 e. The van der Waals surface area contributed by atoms with E-state index in [0.717, 1.165) is 33.3 Å². The number of H-pyrrole nitrogens is 1. The van der Waals surface area contributed by atoms with Gasteiger partial charge in [-0.2, -0.15) is 0 Å². The molecule has 4 aromatic rings. The first-order valence-electron chi connectivity index (χ1n) is 11.0. The van der Waals surface area contributed by atoms with Crippen LogP contribution in [-0.2, 0) is 11.2 Å². The van der Waals surface area contributed by atoms with Crippen LogP contribution < -0.4 is 4.74 Å². The maximum Gasteiger partial charge on any atom is 0.290 e. The lowest BCUT2D eigenvalue weighted by atomic mass is 9.94. The van der Waals surface area contributed by atoms with E-state index in [-0.39, 0.29) is 11.3 Å². The van der Waals surface area contributed by atoms with Gasteiger partial charge in [0, 0.05) is 23.6 Å². The van der Waals surface area contributed by atoms with Crippen molar-refractivity contribution in [1.29, 1.82) is 0 Å². The van der Waals surface area contributed by atoms with Crippen LogP contribution in [0.2, 0.25) is 0 Å². The molecule has 7 heteroatoms. The number of methoxy groups -OCH3 is 1. The highest BCUT2D eigenvalue weighted by Crippen LogP contribution is 2.39. The second-order valence-corrected chi connectivity index (χ2v) is 8.36. The number of rotatable bonds is 7. The highest BCUT2D eigenvalue weighted by Gasteiger charge is 2.44. The second-order valence-electron chi connectivity index (χ2n) is 8.36. The minimum atomic E-state index is -0.717. The number of furan rings is 1. The Bertz CT molecular complexity index is 1400. The molecule has 3 heterocycles. The highest BCUT2D eigenvalue weighted by atomic mass is 16.5. The van der Waals surface area contributed by atoms with E-state index in [0.29, 0.717) is 13.0 Å². The maximum absolute atomic E-state index is 13.2. The standard InChI is InChI=1S/C27H24N2O5/c1-16-5-7-17(8-6-16)24-23(25(30)22-4-3-13-34-22)26(31)27(32)29(24)12-11-18-15-28-21-10-9-19(33-2)14-20(18)21/h3-10,13-15,24,28,31H,11-12H2,1-2H3/t24-/m0/s1. The molecule has 0 fully saturated rings. The number of amides is 1. The van der Waals surface area contributed by atoms with Gasteiger partial charge in [0.2, 0.25) is 5.78 Å². The average molecular weight is 456 g/mol. The third kappa shape index (κ3) is 3.65. The Morgan fingerprint density at radius 3 is 2.68 bits per heavy atom. The summed E-state index contributed by atoms with van der Waals surface area (Å²) in [5.41, 5.74) is 3.81. The van der Waals surface area contributed by atoms with Gasteiger partial charge < -0.3 is 24.1 Å². The van der Waals surface area contributed by atoms with Gasteiger partial charge in [-0.25, -0.2) is 0 Å². The summed E-state index contributed by atoms with van der Waals surface area (Å²) in [6.45, 7) is 2.27. The molecule has 0 unspecified atom stereocenters. The van der Waals surface area contributed by atoms with Crippen molar-refractivity contribution in [2.45, 2.75) is 19.4 Å². The average Bonchev–Trinajstić information content (AvgIpc) is 3.58. The zero-order chi connectivity index (χ0) is 23.8. The molecule has 0 aliphatic carbocycles. The molecule has 7 nitrogen and oxygen atoms in total. The number of ketones is 1. The number of aliphatic hydroxyl groups excluding tert-OH is 1. The molecule has 2 aromatic carbocycles. The van der Waals surface area contributed by atoms with Crippen LogP contribution in [0.4, 0.5) is 0 Å². The molecule has 0 bridgehead atoms. The van der Waals surface area contributed by atoms with Gasteiger partial charge in [0.25, 0.3) is 5.91 Å². The number of aromatic amines is 1. The van der Waals surface area contributed by atoms with Gasteiger partial charge in [0.15, 0.2) is 11.5 Å². The topological polar surface area (TPSA) is 95.8 Å². The summed E-state index contributed by atoms with van der Waals surface area (Å²) < 4.78 is 10.6. The molecule has 2 N–H and O–H groups in total. The fourth-order valence-corrected chi connectivity index (χ4v) is 4.48. The van der Waals surface area contributed by atoms with Crippen molar-refractivity contribution in [2.24, 2.45) is 0 Å². The minimum absolute atomic E-state index is 0.0319. The summed E-state index contributed by atoms with van der Waals surface area (Å²) in [6, 6.07) is 15.8. The van der Waals surface area contributed by atoms with Gasteiger partial charge in [0.1, 0.15) is 5.75 Å². The molecule has 1 aliphatic rings. The van der Waals surface area contributed by atoms with E-state index in [1.165, 1.54) is 12.3 Å². The fourth-order valence-electron chi connectivity index (χ4n) is 4.48. The Kier molecular flexibility index (Phi) is 5.45. The van der Waals surface area contributed by atoms with Gasteiger partial charge in [-0.1, -0.05) is 29.8 Å². The number of ether oxygens (including phenoxy) is 1. The van der Waals surface area contributed by atoms with E-state index in [9.17, 15) is 14.7 Å². The van der Waals surface area contributed by atoms with E-state index in [1.807, 2.05) is 55.6 Å². The van der Waals surface area contributed by atoms with Crippen molar-refractivity contribution in [3.05, 3.63) is 101 Å². The highest BCUT2D eigenvalue weighted by molar-refractivity contribution is 6.15. The van der Waals surface area contributed by atoms with Gasteiger partial charge in [0.05, 0.1) is 25.0 Å². The normalized spacial score (nSPS) is 16.0. The number of nitrogens with one attached hydrogen (secondary N) is 1. The molecule has 0 spiro atoms. The third-order valence-electron chi connectivity index (χ3n) is 6.28. The molecule has 5 rings (SSSR count). The number of aliphatic hydroxyl groups is 1. The first-order valence-corrected chi connectivity index (χ1v) is 11.0. The van der Waals surface area contributed by atoms with Crippen LogP contribution in [0, 0.1) is 6.92 Å². The third-order valence-corrected chi connectivity index (χ3v) is 6.28. The summed E-state index contributed by atoms with van der Waals surface area (Å²) in [5, 5.41) is 11.8. The summed E-state index contributed by atoms with van der Waals surface area (Å²) in [4.78, 5) is 31.2. The van der Waals surface area contributed by atoms with Gasteiger partial charge in [-0.05, 0) is 54.8 Å². The zero-order valence-electron chi connectivity index (χ0n) is 18.9. The number of aryl methyl sites for hydroxylation is 1. The second kappa shape index (κ2) is 8.59. The molecule has 2 aromatic heterocycles. The van der Waals surface area contributed by atoms with Crippen molar-refractivity contribution in [3.63, 3.8) is 0 Å². The summed E-state index contributed by atoms with van der Waals surface area (Å²) in [5.74, 6) is -0.781. The van der Waals surface area contributed by atoms with Gasteiger partial charge >= 0.3 is 0 Å². The van der Waals surface area contributed by atoms with E-state index >= 15 is 0 Å². The smallest absolute Gasteiger partial charge is 0.290 e. The van der Waals surface area contributed by atoms with Crippen molar-refractivity contribution in [3.8, 4) is 5.75 Å². The van der Waals surface area contributed by atoms with Gasteiger partial charge in [-0.15, -0.1) is 0 Å². The van der Waals surface area contributed by atoms with Crippen molar-refractivity contribution >= 4 is 22.6 Å². The van der Waals surface area contributed by atoms with Crippen LogP contribution in [0.15, 0.2) is 82.8 Å². The summed E-state index contributed by atoms with van der Waals surface area (Å²) in [7, 11) is 1.62. The SMILES string of the molecule is COc1ccc2[nH]cc(CCN3C(=O)C(O)=C(C(=O)c4ccco4)[C@@H]3c3ccc(C)cc3)c2c1. The molecule has 1 atom stereocenters. The molecule has 0 saturated carbocycles. The molecule has 1 aliphatic heterocycles. The molecule has 34 heavy (non-hydrogen) atoms. The first-order chi connectivity index (χ1) is 16.5. The Morgan fingerprint density at radius 2 is 1.97 bits per heavy atom. The predicted octanol–water partition coefficient (Wildman–Crippen LogP) is 4.90. The number of nitrogens with zero attached hydrogens (tertiary/aromatic N) is 1. The van der Waals surface area contributed by atoms with E-state index in [4.69, 9.17) is 9.15 Å². The quantitative estimate of drug-likeness (QED) is 0.386. The number of Topliss-reactive ketones (excluding diaryl/α,β-unsaturated/α-hetero) is 1. The lowest BCUT2D eigenvalue weighted by Crippen LogP contribution is -2.33. The monoisotopic (exact) mass is 456 g/mol. The zero-order valence-corrected chi connectivity index (χ0v) is 18.9. The Morgan fingerprint density at radius 1 is 1.18 bits per heavy atom. The van der Waals surface area contributed by atoms with Crippen LogP contribution in [0.1, 0.15) is 33.3 Å². The predicted molar refractivity (Wildman–Crippen MR) is 127 cm³/mol. The number of carbonyl (C=O) groups is 2. The molecular formula is C27H24N2O5. The molecule has 1 amide bonds. The summed E-state index contributed by atoms with van der Waals surface area (Å²) >= 11 is 0. The minimum Gasteiger partial charge on any atom is -0.503 e. The Labute approximate surface area is 196 Å². The first kappa shape index (κ1) is 21.6. The molecule has 0 radical (unpaired) electrons. The lowest BCUT2D eigenvalue weighted by Gasteiger charge is -2.26. The van der Waals surface area contributed by atoms with E-state index < -0.39 is 23.5 Å². The maximum atomic E-state index is 13.2. The van der Waals surface area contributed by atoms with Crippen LogP contribution >= 0.6 is 0 Å². The van der Waals surface area contributed by atoms with Crippen LogP contribution in [-0.4, -0.2) is 40.3 Å². The number of carbonyl (C=O) groups excluding carboxylic acids is 2. The summed E-state index contributed by atoms with van der Waals surface area (Å²) in [6.07, 6.45) is 3.83. The van der Waals surface area contributed by atoms with Crippen LogP contribution in [0.3, 0.4) is 0 Å². The molecular weight excluding hydrogens is 432 g/mol. The lowest BCUT2D eigenvalue weighted by molar-refractivity contribution is -0.129. The number of hydrogen-bond donors (Lipinski definition) is 2. The number of benzene rings is 2. The Hall–Kier alpha value is -4.26. The Balaban J connectivity index is 1.50. The fraction of sp³-hybridized carbons (Fsp3) is 0.185. The van der Waals surface area contributed by atoms with E-state index in [2.05, 4.69) is 4.98 Å². The molecule has 172 valence electrons. The van der Waals surface area contributed by atoms with E-state index in [1.54, 1.807) is 18.1 Å². The van der Waals surface area contributed by atoms with Crippen LogP contribution in [0.5, 0.6) is 5.75 Å². The van der Waals surface area contributed by atoms with Crippen molar-refractivity contribution in [1.82, 2.24) is 9.88 Å². The van der Waals surface area contributed by atoms with Crippen molar-refractivity contribution < 1.29 is 23.8 Å².